The van der Waals surface area contributed by atoms with E-state index in [0.717, 1.165) is 0 Å². The van der Waals surface area contributed by atoms with Crippen LogP contribution in [0.25, 0.3) is 10.8 Å². The van der Waals surface area contributed by atoms with Gasteiger partial charge in [-0.1, -0.05) is 65.8 Å². The van der Waals surface area contributed by atoms with Crippen LogP contribution in [0.3, 0.4) is 0 Å². The maximum Gasteiger partial charge on any atom is -0.0123 e. The quantitative estimate of drug-likeness (QED) is 0.534. The molecule has 0 aliphatic heterocycles. The van der Waals surface area contributed by atoms with Crippen molar-refractivity contribution in [2.45, 2.75) is 78.1 Å². The Morgan fingerprint density at radius 2 is 1.00 bits per heavy atom. The van der Waals surface area contributed by atoms with E-state index in [0.29, 0.717) is 0 Å². The molecule has 2 aromatic carbocycles. The summed E-state index contributed by atoms with van der Waals surface area (Å²) in [5, 5.41) is 2.97. The molecule has 0 nitrogen and oxygen atoms in total. The summed E-state index contributed by atoms with van der Waals surface area (Å²) in [5.41, 5.74) is 6.95. The molecule has 22 heavy (non-hydrogen) atoms. The van der Waals surface area contributed by atoms with Crippen molar-refractivity contribution < 1.29 is 0 Å². The zero-order valence-electron chi connectivity index (χ0n) is 15.1. The molecule has 0 N–H and O–H groups in total. The summed E-state index contributed by atoms with van der Waals surface area (Å²) in [6.07, 6.45) is 5.21. The minimum absolute atomic E-state index is 0.206. The van der Waals surface area contributed by atoms with Gasteiger partial charge in [0.15, 0.2) is 0 Å². The summed E-state index contributed by atoms with van der Waals surface area (Å²) in [6, 6.07) is 9.11. The van der Waals surface area contributed by atoms with E-state index in [1.165, 1.54) is 36.5 Å². The van der Waals surface area contributed by atoms with Crippen LogP contribution in [-0.2, 0) is 23.7 Å². The Kier molecular flexibility index (Phi) is 3.62. The van der Waals surface area contributed by atoms with E-state index in [1.807, 2.05) is 0 Å². The molecule has 0 aromatic heterocycles. The molecule has 3 rings (SSSR count). The van der Waals surface area contributed by atoms with E-state index < -0.39 is 0 Å². The Hall–Kier alpha value is -1.30. The first kappa shape index (κ1) is 15.6. The average Bonchev–Trinajstić information content (AvgIpc) is 2.41. The highest BCUT2D eigenvalue weighted by Crippen LogP contribution is 2.44. The minimum atomic E-state index is 0.206. The van der Waals surface area contributed by atoms with Gasteiger partial charge in [-0.05, 0) is 69.5 Å². The number of benzene rings is 2. The highest BCUT2D eigenvalue weighted by molar-refractivity contribution is 5.93. The Morgan fingerprint density at radius 1 is 0.636 bits per heavy atom. The fraction of sp³-hybridized carbons (Fsp3) is 0.545. The van der Waals surface area contributed by atoms with E-state index in [9.17, 15) is 0 Å². The monoisotopic (exact) mass is 294 g/mol. The highest BCUT2D eigenvalue weighted by Gasteiger charge is 2.30. The first-order valence-corrected chi connectivity index (χ1v) is 8.78. The second-order valence-electron chi connectivity index (χ2n) is 8.96. The highest BCUT2D eigenvalue weighted by atomic mass is 14.3. The Morgan fingerprint density at radius 3 is 1.32 bits per heavy atom. The fourth-order valence-corrected chi connectivity index (χ4v) is 4.41. The van der Waals surface area contributed by atoms with Crippen LogP contribution in [0.5, 0.6) is 0 Å². The molecule has 0 heterocycles. The number of hydrogen-bond acceptors (Lipinski definition) is 0. The van der Waals surface area contributed by atoms with E-state index in [-0.39, 0.29) is 10.8 Å². The van der Waals surface area contributed by atoms with Gasteiger partial charge in [0, 0.05) is 0 Å². The molecule has 0 unspecified atom stereocenters. The van der Waals surface area contributed by atoms with Crippen molar-refractivity contribution in [3.05, 3.63) is 46.5 Å². The Bertz CT molecular complexity index is 643. The second-order valence-corrected chi connectivity index (χ2v) is 8.96. The third-order valence-corrected chi connectivity index (χ3v) is 5.04. The molecule has 0 fully saturated rings. The molecular formula is C22H30. The van der Waals surface area contributed by atoms with Crippen LogP contribution in [0.1, 0.15) is 76.6 Å². The van der Waals surface area contributed by atoms with Gasteiger partial charge in [-0.25, -0.2) is 0 Å². The Balaban J connectivity index is 2.52. The van der Waals surface area contributed by atoms with Crippen molar-refractivity contribution in [3.63, 3.8) is 0 Å². The molecule has 0 heteroatoms. The topological polar surface area (TPSA) is 0 Å². The molecule has 0 atom stereocenters. The maximum atomic E-state index is 2.38. The van der Waals surface area contributed by atoms with Crippen LogP contribution in [0.4, 0.5) is 0 Å². The first-order chi connectivity index (χ1) is 10.2. The van der Waals surface area contributed by atoms with Gasteiger partial charge in [0.05, 0.1) is 0 Å². The normalized spacial score (nSPS) is 15.9. The van der Waals surface area contributed by atoms with Crippen molar-refractivity contribution in [3.8, 4) is 0 Å². The molecule has 0 saturated carbocycles. The maximum absolute atomic E-state index is 2.38. The van der Waals surface area contributed by atoms with Crippen molar-refractivity contribution >= 4 is 10.8 Å². The molecule has 118 valence electrons. The molecule has 1 aliphatic rings. The zero-order valence-corrected chi connectivity index (χ0v) is 15.1. The molecule has 0 amide bonds. The summed E-state index contributed by atoms with van der Waals surface area (Å²) in [7, 11) is 0. The lowest BCUT2D eigenvalue weighted by Gasteiger charge is -2.35. The number of rotatable bonds is 0. The lowest BCUT2D eigenvalue weighted by atomic mass is 9.69. The summed E-state index contributed by atoms with van der Waals surface area (Å²) >= 11 is 0. The molecule has 0 bridgehead atoms. The lowest BCUT2D eigenvalue weighted by Crippen LogP contribution is -2.24. The van der Waals surface area contributed by atoms with Crippen LogP contribution >= 0.6 is 0 Å². The SMILES string of the molecule is CC(C)(C)c1c2c(c(C(C)(C)C)c3ccccc13)CCCC2. The molecule has 1 aliphatic carbocycles. The van der Waals surface area contributed by atoms with Crippen LogP contribution in [-0.4, -0.2) is 0 Å². The van der Waals surface area contributed by atoms with Crippen LogP contribution < -0.4 is 0 Å². The molecular weight excluding hydrogens is 264 g/mol. The predicted molar refractivity (Wildman–Crippen MR) is 98.0 cm³/mol. The second kappa shape index (κ2) is 5.11. The third kappa shape index (κ3) is 2.47. The van der Waals surface area contributed by atoms with Crippen molar-refractivity contribution in [2.75, 3.05) is 0 Å². The van der Waals surface area contributed by atoms with Crippen molar-refractivity contribution in [1.82, 2.24) is 0 Å². The smallest absolute Gasteiger partial charge is 0.0123 e. The van der Waals surface area contributed by atoms with Crippen molar-refractivity contribution in [1.29, 1.82) is 0 Å². The molecule has 2 aromatic rings. The molecule has 0 radical (unpaired) electrons. The number of hydrogen-bond donors (Lipinski definition) is 0. The summed E-state index contributed by atoms with van der Waals surface area (Å²) in [6.45, 7) is 14.3. The first-order valence-electron chi connectivity index (χ1n) is 8.78. The number of fused-ring (bicyclic) bond motifs is 2. The minimum Gasteiger partial charge on any atom is -0.0616 e. The van der Waals surface area contributed by atoms with Gasteiger partial charge in [-0.15, -0.1) is 0 Å². The molecule has 0 spiro atoms. The van der Waals surface area contributed by atoms with Gasteiger partial charge in [0.25, 0.3) is 0 Å². The van der Waals surface area contributed by atoms with E-state index in [2.05, 4.69) is 65.8 Å². The van der Waals surface area contributed by atoms with Crippen LogP contribution in [0, 0.1) is 0 Å². The van der Waals surface area contributed by atoms with Crippen LogP contribution in [0.15, 0.2) is 24.3 Å². The average molecular weight is 294 g/mol. The summed E-state index contributed by atoms with van der Waals surface area (Å²) in [5.74, 6) is 0. The van der Waals surface area contributed by atoms with E-state index in [1.54, 1.807) is 22.3 Å². The van der Waals surface area contributed by atoms with Gasteiger partial charge in [0.2, 0.25) is 0 Å². The summed E-state index contributed by atoms with van der Waals surface area (Å²) < 4.78 is 0. The van der Waals surface area contributed by atoms with Crippen molar-refractivity contribution in [2.24, 2.45) is 0 Å². The van der Waals surface area contributed by atoms with Gasteiger partial charge < -0.3 is 0 Å². The van der Waals surface area contributed by atoms with Gasteiger partial charge >= 0.3 is 0 Å². The van der Waals surface area contributed by atoms with Gasteiger partial charge in [-0.2, -0.15) is 0 Å². The Labute approximate surface area is 135 Å². The summed E-state index contributed by atoms with van der Waals surface area (Å²) in [4.78, 5) is 0. The fourth-order valence-electron chi connectivity index (χ4n) is 4.41. The molecule has 0 saturated heterocycles. The zero-order chi connectivity index (χ0) is 16.1. The van der Waals surface area contributed by atoms with Gasteiger partial charge in [-0.3, -0.25) is 0 Å². The van der Waals surface area contributed by atoms with Crippen LogP contribution in [0.2, 0.25) is 0 Å². The van der Waals surface area contributed by atoms with E-state index in [4.69, 9.17) is 0 Å². The third-order valence-electron chi connectivity index (χ3n) is 5.04. The largest absolute Gasteiger partial charge is 0.0616 e. The van der Waals surface area contributed by atoms with E-state index >= 15 is 0 Å². The lowest BCUT2D eigenvalue weighted by molar-refractivity contribution is 0.553. The standard InChI is InChI=1S/C22H30/c1-21(2,3)19-15-11-7-9-13-17(15)20(22(4,5)6)18-14-10-8-12-16(18)19/h7,9,11,13H,8,10,12,14H2,1-6H3. The van der Waals surface area contributed by atoms with Gasteiger partial charge in [0.1, 0.15) is 0 Å². The predicted octanol–water partition coefficient (Wildman–Crippen LogP) is 6.31.